The highest BCUT2D eigenvalue weighted by Gasteiger charge is 2.29. The second kappa shape index (κ2) is 6.71. The lowest BCUT2D eigenvalue weighted by Gasteiger charge is -2.23. The van der Waals surface area contributed by atoms with Crippen LogP contribution in [0.3, 0.4) is 0 Å². The molecule has 0 N–H and O–H groups in total. The minimum atomic E-state index is 0.264. The average molecular weight is 286 g/mol. The summed E-state index contributed by atoms with van der Waals surface area (Å²) in [7, 11) is 0. The van der Waals surface area contributed by atoms with Crippen molar-refractivity contribution in [3.05, 3.63) is 35.4 Å². The third-order valence-corrected chi connectivity index (χ3v) is 4.96. The summed E-state index contributed by atoms with van der Waals surface area (Å²) < 4.78 is 0. The fraction of sp³-hybridized carbons (Fsp3) is 0.611. The van der Waals surface area contributed by atoms with E-state index in [0.717, 1.165) is 25.1 Å². The maximum Gasteiger partial charge on any atom is 0.176 e. The minimum absolute atomic E-state index is 0.264. The van der Waals surface area contributed by atoms with Crippen molar-refractivity contribution in [2.24, 2.45) is 0 Å². The lowest BCUT2D eigenvalue weighted by atomic mass is 10.1. The van der Waals surface area contributed by atoms with Crippen LogP contribution in [-0.2, 0) is 6.42 Å². The summed E-state index contributed by atoms with van der Waals surface area (Å²) in [5.74, 6) is 0.264. The fourth-order valence-corrected chi connectivity index (χ4v) is 3.58. The summed E-state index contributed by atoms with van der Waals surface area (Å²) in [6.45, 7) is 7.37. The quantitative estimate of drug-likeness (QED) is 0.777. The number of benzene rings is 1. The van der Waals surface area contributed by atoms with E-state index in [1.165, 1.54) is 37.9 Å². The molecule has 1 aromatic carbocycles. The Morgan fingerprint density at radius 3 is 2.52 bits per heavy atom. The summed E-state index contributed by atoms with van der Waals surface area (Å²) in [6, 6.07) is 8.79. The number of aryl methyl sites for hydroxylation is 1. The molecule has 0 aliphatic carbocycles. The lowest BCUT2D eigenvalue weighted by Crippen LogP contribution is -2.36. The normalized spacial score (nSPS) is 23.8. The van der Waals surface area contributed by atoms with Gasteiger partial charge < -0.3 is 0 Å². The molecule has 1 aromatic rings. The van der Waals surface area contributed by atoms with Crippen LogP contribution in [0.4, 0.5) is 0 Å². The first-order chi connectivity index (χ1) is 10.3. The summed E-state index contributed by atoms with van der Waals surface area (Å²) in [5, 5.41) is 0. The summed E-state index contributed by atoms with van der Waals surface area (Å²) in [6.07, 6.45) is 4.94. The van der Waals surface area contributed by atoms with Gasteiger partial charge in [0, 0.05) is 24.7 Å². The molecular weight excluding hydrogens is 260 g/mol. The van der Waals surface area contributed by atoms with Crippen LogP contribution < -0.4 is 0 Å². The van der Waals surface area contributed by atoms with Crippen molar-refractivity contribution >= 4 is 5.78 Å². The van der Waals surface area contributed by atoms with Crippen molar-refractivity contribution in [3.8, 4) is 0 Å². The van der Waals surface area contributed by atoms with E-state index >= 15 is 0 Å². The van der Waals surface area contributed by atoms with Gasteiger partial charge in [0.25, 0.3) is 0 Å². The molecule has 2 aliphatic heterocycles. The van der Waals surface area contributed by atoms with Crippen molar-refractivity contribution < 1.29 is 4.79 Å². The Balaban J connectivity index is 1.52. The Morgan fingerprint density at radius 1 is 1.14 bits per heavy atom. The third-order valence-electron chi connectivity index (χ3n) is 4.96. The van der Waals surface area contributed by atoms with Crippen molar-refractivity contribution in [2.75, 3.05) is 32.7 Å². The molecule has 3 heteroatoms. The predicted octanol–water partition coefficient (Wildman–Crippen LogP) is 2.60. The molecule has 3 rings (SSSR count). The highest BCUT2D eigenvalue weighted by molar-refractivity contribution is 5.97. The van der Waals surface area contributed by atoms with Gasteiger partial charge in [0.15, 0.2) is 5.78 Å². The first-order valence-electron chi connectivity index (χ1n) is 8.35. The van der Waals surface area contributed by atoms with Gasteiger partial charge in [-0.2, -0.15) is 0 Å². The smallest absolute Gasteiger partial charge is 0.176 e. The van der Waals surface area contributed by atoms with Gasteiger partial charge in [0.1, 0.15) is 0 Å². The highest BCUT2D eigenvalue weighted by Crippen LogP contribution is 2.20. The first-order valence-corrected chi connectivity index (χ1v) is 8.35. The number of hydrogen-bond acceptors (Lipinski definition) is 3. The molecule has 0 spiro atoms. The van der Waals surface area contributed by atoms with Gasteiger partial charge >= 0.3 is 0 Å². The van der Waals surface area contributed by atoms with E-state index in [1.807, 2.05) is 12.1 Å². The van der Waals surface area contributed by atoms with E-state index in [2.05, 4.69) is 28.9 Å². The van der Waals surface area contributed by atoms with Crippen molar-refractivity contribution in [3.63, 3.8) is 0 Å². The van der Waals surface area contributed by atoms with E-state index in [4.69, 9.17) is 0 Å². The average Bonchev–Trinajstić information content (AvgIpc) is 3.18. The number of nitrogens with zero attached hydrogens (tertiary/aromatic N) is 2. The zero-order chi connectivity index (χ0) is 14.7. The van der Waals surface area contributed by atoms with Crippen molar-refractivity contribution in [1.82, 2.24) is 9.80 Å². The summed E-state index contributed by atoms with van der Waals surface area (Å²) in [5.41, 5.74) is 2.15. The Labute approximate surface area is 127 Å². The lowest BCUT2D eigenvalue weighted by molar-refractivity contribution is 0.0940. The molecule has 0 aromatic heterocycles. The zero-order valence-electron chi connectivity index (χ0n) is 13.1. The molecule has 3 nitrogen and oxygen atoms in total. The number of hydrogen-bond donors (Lipinski definition) is 0. The molecule has 1 atom stereocenters. The molecule has 2 aliphatic rings. The van der Waals surface area contributed by atoms with E-state index in [9.17, 15) is 4.79 Å². The molecule has 114 valence electrons. The number of rotatable bonds is 5. The van der Waals surface area contributed by atoms with Gasteiger partial charge in [0.05, 0.1) is 6.54 Å². The summed E-state index contributed by atoms with van der Waals surface area (Å²) in [4.78, 5) is 17.3. The molecule has 0 bridgehead atoms. The summed E-state index contributed by atoms with van der Waals surface area (Å²) >= 11 is 0. The van der Waals surface area contributed by atoms with E-state index in [1.54, 1.807) is 0 Å². The Hall–Kier alpha value is -1.19. The molecule has 0 radical (unpaired) electrons. The Kier molecular flexibility index (Phi) is 4.71. The SMILES string of the molecule is CCc1ccc(C(=O)CN2CCC(N3CCCC3)C2)cc1. The molecular formula is C18H26N2O. The highest BCUT2D eigenvalue weighted by atomic mass is 16.1. The topological polar surface area (TPSA) is 23.6 Å². The number of likely N-dealkylation sites (tertiary alicyclic amines) is 2. The van der Waals surface area contributed by atoms with Crippen molar-refractivity contribution in [1.29, 1.82) is 0 Å². The molecule has 0 amide bonds. The van der Waals surface area contributed by atoms with E-state index in [-0.39, 0.29) is 5.78 Å². The maximum atomic E-state index is 12.4. The van der Waals surface area contributed by atoms with Gasteiger partial charge in [-0.25, -0.2) is 0 Å². The standard InChI is InChI=1S/C18H26N2O/c1-2-15-5-7-16(8-6-15)18(21)14-19-12-9-17(13-19)20-10-3-4-11-20/h5-8,17H,2-4,9-14H2,1H3. The van der Waals surface area contributed by atoms with Crippen LogP contribution in [-0.4, -0.2) is 54.3 Å². The van der Waals surface area contributed by atoms with Crippen LogP contribution in [0.5, 0.6) is 0 Å². The number of ketones is 1. The number of carbonyl (C=O) groups excluding carboxylic acids is 1. The molecule has 1 unspecified atom stereocenters. The number of carbonyl (C=O) groups is 1. The Bertz CT molecular complexity index is 476. The minimum Gasteiger partial charge on any atom is -0.299 e. The molecule has 2 saturated heterocycles. The van der Waals surface area contributed by atoms with Gasteiger partial charge in [-0.05, 0) is 44.3 Å². The van der Waals surface area contributed by atoms with Crippen molar-refractivity contribution in [2.45, 2.75) is 38.6 Å². The third kappa shape index (κ3) is 3.53. The predicted molar refractivity (Wildman–Crippen MR) is 85.8 cm³/mol. The van der Waals surface area contributed by atoms with Crippen LogP contribution in [0.25, 0.3) is 0 Å². The van der Waals surface area contributed by atoms with Crippen LogP contribution in [0, 0.1) is 0 Å². The van der Waals surface area contributed by atoms with Gasteiger partial charge in [0.2, 0.25) is 0 Å². The van der Waals surface area contributed by atoms with Gasteiger partial charge in [-0.3, -0.25) is 14.6 Å². The van der Waals surface area contributed by atoms with Gasteiger partial charge in [-0.15, -0.1) is 0 Å². The van der Waals surface area contributed by atoms with Gasteiger partial charge in [-0.1, -0.05) is 31.2 Å². The molecule has 2 heterocycles. The van der Waals surface area contributed by atoms with Crippen LogP contribution >= 0.6 is 0 Å². The van der Waals surface area contributed by atoms with E-state index in [0.29, 0.717) is 12.6 Å². The van der Waals surface area contributed by atoms with E-state index < -0.39 is 0 Å². The fourth-order valence-electron chi connectivity index (χ4n) is 3.58. The molecule has 0 saturated carbocycles. The Morgan fingerprint density at radius 2 is 1.86 bits per heavy atom. The molecule has 21 heavy (non-hydrogen) atoms. The van der Waals surface area contributed by atoms with Crippen LogP contribution in [0.2, 0.25) is 0 Å². The second-order valence-electron chi connectivity index (χ2n) is 6.39. The monoisotopic (exact) mass is 286 g/mol. The number of Topliss-reactive ketones (excluding diaryl/α,β-unsaturated/α-hetero) is 1. The maximum absolute atomic E-state index is 12.4. The second-order valence-corrected chi connectivity index (χ2v) is 6.39. The largest absolute Gasteiger partial charge is 0.299 e. The van der Waals surface area contributed by atoms with Crippen LogP contribution in [0.1, 0.15) is 42.1 Å². The first kappa shape index (κ1) is 14.7. The molecule has 2 fully saturated rings. The zero-order valence-corrected chi connectivity index (χ0v) is 13.1. The van der Waals surface area contributed by atoms with Crippen LogP contribution in [0.15, 0.2) is 24.3 Å².